The van der Waals surface area contributed by atoms with Gasteiger partial charge in [-0.25, -0.2) is 13.1 Å². The molecule has 19 heavy (non-hydrogen) atoms. The smallest absolute Gasteiger partial charge is 0.411 e. The number of hydrogen-bond acceptors (Lipinski definition) is 5. The highest BCUT2D eigenvalue weighted by Crippen LogP contribution is 2.14. The van der Waals surface area contributed by atoms with Crippen LogP contribution in [-0.4, -0.2) is 40.6 Å². The van der Waals surface area contributed by atoms with Crippen LogP contribution in [0.2, 0.25) is 0 Å². The fraction of sp³-hybridized carbons (Fsp3) is 0.444. The molecule has 1 aromatic rings. The average molecular weight is 301 g/mol. The van der Waals surface area contributed by atoms with Crippen LogP contribution in [0.15, 0.2) is 21.6 Å². The van der Waals surface area contributed by atoms with Crippen molar-refractivity contribution in [2.45, 2.75) is 11.3 Å². The Morgan fingerprint density at radius 2 is 2.05 bits per heavy atom. The molecule has 10 heteroatoms. The van der Waals surface area contributed by atoms with Gasteiger partial charge in [-0.3, -0.25) is 4.79 Å². The van der Waals surface area contributed by atoms with E-state index in [0.717, 1.165) is 12.1 Å². The molecular weight excluding hydrogens is 291 g/mol. The zero-order valence-corrected chi connectivity index (χ0v) is 10.3. The molecule has 0 atom stereocenters. The quantitative estimate of drug-likeness (QED) is 0.598. The molecular formula is C9H10F3NO5S. The van der Waals surface area contributed by atoms with Gasteiger partial charge in [-0.15, -0.1) is 0 Å². The molecule has 0 fully saturated rings. The molecule has 0 aliphatic rings. The van der Waals surface area contributed by atoms with Gasteiger partial charge >= 0.3 is 6.18 Å². The monoisotopic (exact) mass is 301 g/mol. The van der Waals surface area contributed by atoms with Crippen LogP contribution in [0.4, 0.5) is 13.2 Å². The molecule has 0 radical (unpaired) electrons. The van der Waals surface area contributed by atoms with Crippen molar-refractivity contribution in [2.24, 2.45) is 0 Å². The molecule has 0 aromatic carbocycles. The third-order valence-electron chi connectivity index (χ3n) is 1.79. The highest BCUT2D eigenvalue weighted by atomic mass is 32.2. The predicted octanol–water partition coefficient (Wildman–Crippen LogP) is 0.949. The standard InChI is InChI=1S/C9H10F3NO5S/c10-9(11,12)6-17-4-3-13-19(15,16)8-2-1-7(5-14)18-8/h1-2,5,13H,3-4,6H2. The molecule has 1 N–H and O–H groups in total. The highest BCUT2D eigenvalue weighted by molar-refractivity contribution is 7.89. The summed E-state index contributed by atoms with van der Waals surface area (Å²) < 4.78 is 69.0. The second-order valence-corrected chi connectivity index (χ2v) is 5.04. The summed E-state index contributed by atoms with van der Waals surface area (Å²) >= 11 is 0. The minimum Gasteiger partial charge on any atom is -0.440 e. The summed E-state index contributed by atoms with van der Waals surface area (Å²) in [5.74, 6) is -0.173. The lowest BCUT2D eigenvalue weighted by Crippen LogP contribution is -2.28. The van der Waals surface area contributed by atoms with Crippen molar-refractivity contribution in [2.75, 3.05) is 19.8 Å². The van der Waals surface area contributed by atoms with Gasteiger partial charge < -0.3 is 9.15 Å². The van der Waals surface area contributed by atoms with Crippen molar-refractivity contribution in [3.05, 3.63) is 17.9 Å². The Hall–Kier alpha value is -1.39. The molecule has 108 valence electrons. The minimum absolute atomic E-state index is 0.173. The number of carbonyl (C=O) groups excluding carboxylic acids is 1. The van der Waals surface area contributed by atoms with Crippen LogP contribution in [0.25, 0.3) is 0 Å². The molecule has 0 amide bonds. The van der Waals surface area contributed by atoms with E-state index in [1.54, 1.807) is 0 Å². The Morgan fingerprint density at radius 1 is 1.37 bits per heavy atom. The summed E-state index contributed by atoms with van der Waals surface area (Å²) in [4.78, 5) is 10.3. The normalized spacial score (nSPS) is 12.6. The number of hydrogen-bond donors (Lipinski definition) is 1. The van der Waals surface area contributed by atoms with Gasteiger partial charge in [0.1, 0.15) is 6.61 Å². The number of ether oxygens (including phenoxy) is 1. The summed E-state index contributed by atoms with van der Waals surface area (Å²) in [6, 6.07) is 2.21. The summed E-state index contributed by atoms with van der Waals surface area (Å²) in [7, 11) is -4.00. The van der Waals surface area contributed by atoms with Crippen molar-refractivity contribution in [3.63, 3.8) is 0 Å². The first kappa shape index (κ1) is 15.7. The predicted molar refractivity (Wildman–Crippen MR) is 56.2 cm³/mol. The molecule has 0 spiro atoms. The first-order chi connectivity index (χ1) is 8.74. The first-order valence-electron chi connectivity index (χ1n) is 4.94. The maximum Gasteiger partial charge on any atom is 0.411 e. The van der Waals surface area contributed by atoms with Crippen LogP contribution in [0.1, 0.15) is 10.6 Å². The summed E-state index contributed by atoms with van der Waals surface area (Å²) in [6.07, 6.45) is -4.13. The largest absolute Gasteiger partial charge is 0.440 e. The Balaban J connectivity index is 2.41. The molecule has 0 bridgehead atoms. The second kappa shape index (κ2) is 6.17. The summed E-state index contributed by atoms with van der Waals surface area (Å²) in [6.45, 7) is -2.25. The van der Waals surface area contributed by atoms with Crippen LogP contribution < -0.4 is 4.72 Å². The number of halogens is 3. The van der Waals surface area contributed by atoms with E-state index < -0.39 is 34.5 Å². The second-order valence-electron chi connectivity index (χ2n) is 3.34. The number of sulfonamides is 1. The summed E-state index contributed by atoms with van der Waals surface area (Å²) in [5, 5.41) is -0.495. The third kappa shape index (κ3) is 5.41. The van der Waals surface area contributed by atoms with Crippen LogP contribution in [-0.2, 0) is 14.8 Å². The molecule has 1 rings (SSSR count). The van der Waals surface area contributed by atoms with E-state index in [-0.39, 0.29) is 12.3 Å². The van der Waals surface area contributed by atoms with E-state index in [1.165, 1.54) is 0 Å². The first-order valence-corrected chi connectivity index (χ1v) is 6.42. The molecule has 1 aromatic heterocycles. The SMILES string of the molecule is O=Cc1ccc(S(=O)(=O)NCCOCC(F)(F)F)o1. The molecule has 0 unspecified atom stereocenters. The molecule has 0 saturated carbocycles. The zero-order valence-electron chi connectivity index (χ0n) is 9.44. The Morgan fingerprint density at radius 3 is 2.58 bits per heavy atom. The van der Waals surface area contributed by atoms with E-state index in [4.69, 9.17) is 0 Å². The number of aldehydes is 1. The van der Waals surface area contributed by atoms with Gasteiger partial charge in [0.2, 0.25) is 5.09 Å². The van der Waals surface area contributed by atoms with Crippen LogP contribution >= 0.6 is 0 Å². The van der Waals surface area contributed by atoms with E-state index in [0.29, 0.717) is 6.29 Å². The fourth-order valence-corrected chi connectivity index (χ4v) is 2.00. The maximum atomic E-state index is 11.7. The number of rotatable bonds is 7. The number of alkyl halides is 3. The van der Waals surface area contributed by atoms with Crippen LogP contribution in [0.3, 0.4) is 0 Å². The van der Waals surface area contributed by atoms with E-state index in [1.807, 2.05) is 4.72 Å². The number of carbonyl (C=O) groups is 1. The van der Waals surface area contributed by atoms with E-state index >= 15 is 0 Å². The van der Waals surface area contributed by atoms with Gasteiger partial charge in [-0.2, -0.15) is 13.2 Å². The van der Waals surface area contributed by atoms with Gasteiger partial charge in [-0.1, -0.05) is 0 Å². The summed E-state index contributed by atoms with van der Waals surface area (Å²) in [5.41, 5.74) is 0. The zero-order chi connectivity index (χ0) is 14.5. The number of furan rings is 1. The fourth-order valence-electron chi connectivity index (χ4n) is 1.05. The minimum atomic E-state index is -4.46. The molecule has 0 saturated heterocycles. The van der Waals surface area contributed by atoms with Gasteiger partial charge in [0, 0.05) is 6.54 Å². The van der Waals surface area contributed by atoms with Gasteiger partial charge in [0.15, 0.2) is 12.0 Å². The third-order valence-corrected chi connectivity index (χ3v) is 3.12. The molecule has 6 nitrogen and oxygen atoms in total. The van der Waals surface area contributed by atoms with Crippen molar-refractivity contribution >= 4 is 16.3 Å². The number of nitrogens with one attached hydrogen (secondary N) is 1. The maximum absolute atomic E-state index is 11.7. The van der Waals surface area contributed by atoms with E-state index in [9.17, 15) is 26.4 Å². The average Bonchev–Trinajstić information content (AvgIpc) is 2.76. The highest BCUT2D eigenvalue weighted by Gasteiger charge is 2.27. The lowest BCUT2D eigenvalue weighted by atomic mass is 10.5. The molecule has 0 aliphatic carbocycles. The van der Waals surface area contributed by atoms with Crippen molar-refractivity contribution < 1.29 is 35.5 Å². The lowest BCUT2D eigenvalue weighted by Gasteiger charge is -2.08. The van der Waals surface area contributed by atoms with Crippen molar-refractivity contribution in [1.82, 2.24) is 4.72 Å². The van der Waals surface area contributed by atoms with Crippen LogP contribution in [0.5, 0.6) is 0 Å². The van der Waals surface area contributed by atoms with E-state index in [2.05, 4.69) is 9.15 Å². The van der Waals surface area contributed by atoms with Gasteiger partial charge in [-0.05, 0) is 12.1 Å². The van der Waals surface area contributed by atoms with Crippen molar-refractivity contribution in [1.29, 1.82) is 0 Å². The lowest BCUT2D eigenvalue weighted by molar-refractivity contribution is -0.173. The Kier molecular flexibility index (Phi) is 5.09. The molecule has 1 heterocycles. The molecule has 0 aliphatic heterocycles. The van der Waals surface area contributed by atoms with Crippen LogP contribution in [0, 0.1) is 0 Å². The Labute approximate surface area is 106 Å². The Bertz CT molecular complexity index is 522. The van der Waals surface area contributed by atoms with Crippen molar-refractivity contribution in [3.8, 4) is 0 Å². The topological polar surface area (TPSA) is 85.6 Å². The van der Waals surface area contributed by atoms with Gasteiger partial charge in [0.05, 0.1) is 6.61 Å². The van der Waals surface area contributed by atoms with Gasteiger partial charge in [0.25, 0.3) is 10.0 Å².